The van der Waals surface area contributed by atoms with E-state index < -0.39 is 0 Å². The van der Waals surface area contributed by atoms with Gasteiger partial charge in [-0.3, -0.25) is 4.79 Å². The number of rotatable bonds is 4. The van der Waals surface area contributed by atoms with Crippen molar-refractivity contribution in [2.24, 2.45) is 5.92 Å². The first kappa shape index (κ1) is 15.0. The average Bonchev–Trinajstić information content (AvgIpc) is 3.13. The SMILES string of the molecule is Cc1ccc(C)c(-c2csc(NC(=O)CC3C=CCC3)n2)c1. The van der Waals surface area contributed by atoms with Crippen molar-refractivity contribution in [3.8, 4) is 11.3 Å². The molecule has 0 spiro atoms. The molecule has 2 aromatic rings. The van der Waals surface area contributed by atoms with Gasteiger partial charge in [0.15, 0.2) is 5.13 Å². The van der Waals surface area contributed by atoms with Crippen LogP contribution in [0, 0.1) is 19.8 Å². The Labute approximate surface area is 135 Å². The lowest BCUT2D eigenvalue weighted by Crippen LogP contribution is -2.14. The molecule has 1 atom stereocenters. The molecular weight excluding hydrogens is 292 g/mol. The van der Waals surface area contributed by atoms with Crippen molar-refractivity contribution in [2.45, 2.75) is 33.1 Å². The molecule has 1 aliphatic carbocycles. The quantitative estimate of drug-likeness (QED) is 0.830. The van der Waals surface area contributed by atoms with Gasteiger partial charge in [0.2, 0.25) is 5.91 Å². The van der Waals surface area contributed by atoms with E-state index in [0.717, 1.165) is 24.1 Å². The first-order chi connectivity index (χ1) is 10.6. The third-order valence-electron chi connectivity index (χ3n) is 3.98. The fourth-order valence-electron chi connectivity index (χ4n) is 2.74. The second-order valence-corrected chi connectivity index (χ2v) is 6.73. The zero-order valence-electron chi connectivity index (χ0n) is 12.9. The molecular formula is C18H20N2OS. The number of nitrogens with one attached hydrogen (secondary N) is 1. The third-order valence-corrected chi connectivity index (χ3v) is 4.74. The highest BCUT2D eigenvalue weighted by atomic mass is 32.1. The molecule has 1 aliphatic rings. The number of allylic oxidation sites excluding steroid dienone is 2. The summed E-state index contributed by atoms with van der Waals surface area (Å²) >= 11 is 1.48. The Balaban J connectivity index is 1.69. The zero-order chi connectivity index (χ0) is 15.5. The fraction of sp³-hybridized carbons (Fsp3) is 0.333. The summed E-state index contributed by atoms with van der Waals surface area (Å²) in [6, 6.07) is 6.34. The Bertz CT molecular complexity index is 718. The normalized spacial score (nSPS) is 16.9. The minimum absolute atomic E-state index is 0.0541. The molecule has 0 fully saturated rings. The van der Waals surface area contributed by atoms with Crippen LogP contribution in [0.25, 0.3) is 11.3 Å². The van der Waals surface area contributed by atoms with Gasteiger partial charge < -0.3 is 5.32 Å². The minimum atomic E-state index is 0.0541. The summed E-state index contributed by atoms with van der Waals surface area (Å²) < 4.78 is 0. The van der Waals surface area contributed by atoms with Crippen LogP contribution in [0.5, 0.6) is 0 Å². The number of anilines is 1. The summed E-state index contributed by atoms with van der Waals surface area (Å²) in [5.41, 5.74) is 4.48. The molecule has 0 aliphatic heterocycles. The number of carbonyl (C=O) groups is 1. The van der Waals surface area contributed by atoms with Gasteiger partial charge in [0, 0.05) is 17.4 Å². The van der Waals surface area contributed by atoms with Crippen LogP contribution < -0.4 is 5.32 Å². The van der Waals surface area contributed by atoms with Gasteiger partial charge in [-0.1, -0.05) is 29.8 Å². The summed E-state index contributed by atoms with van der Waals surface area (Å²) in [5, 5.41) is 5.62. The van der Waals surface area contributed by atoms with Crippen molar-refractivity contribution in [3.05, 3.63) is 46.9 Å². The standard InChI is InChI=1S/C18H20N2OS/c1-12-7-8-13(2)15(9-12)16-11-22-18(19-16)20-17(21)10-14-5-3-4-6-14/h3,5,7-9,11,14H,4,6,10H2,1-2H3,(H,19,20,21). The predicted octanol–water partition coefficient (Wildman–Crippen LogP) is 4.72. The largest absolute Gasteiger partial charge is 0.302 e. The topological polar surface area (TPSA) is 42.0 Å². The molecule has 0 radical (unpaired) electrons. The summed E-state index contributed by atoms with van der Waals surface area (Å²) in [6.45, 7) is 4.16. The van der Waals surface area contributed by atoms with Crippen LogP contribution >= 0.6 is 11.3 Å². The summed E-state index contributed by atoms with van der Waals surface area (Å²) in [7, 11) is 0. The number of hydrogen-bond donors (Lipinski definition) is 1. The Morgan fingerprint density at radius 3 is 3.05 bits per heavy atom. The van der Waals surface area contributed by atoms with E-state index in [1.807, 2.05) is 5.38 Å². The molecule has 1 heterocycles. The van der Waals surface area contributed by atoms with E-state index in [0.29, 0.717) is 17.5 Å². The summed E-state index contributed by atoms with van der Waals surface area (Å²) in [4.78, 5) is 16.6. The van der Waals surface area contributed by atoms with Crippen molar-refractivity contribution >= 4 is 22.4 Å². The highest BCUT2D eigenvalue weighted by molar-refractivity contribution is 7.14. The van der Waals surface area contributed by atoms with Gasteiger partial charge in [0.25, 0.3) is 0 Å². The van der Waals surface area contributed by atoms with Gasteiger partial charge in [-0.05, 0) is 44.2 Å². The van der Waals surface area contributed by atoms with Gasteiger partial charge in [-0.25, -0.2) is 4.98 Å². The number of benzene rings is 1. The van der Waals surface area contributed by atoms with Crippen LogP contribution in [-0.2, 0) is 4.79 Å². The average molecular weight is 312 g/mol. The number of aryl methyl sites for hydroxylation is 2. The van der Waals surface area contributed by atoms with Crippen molar-refractivity contribution in [3.63, 3.8) is 0 Å². The van der Waals surface area contributed by atoms with Crippen molar-refractivity contribution in [1.82, 2.24) is 4.98 Å². The van der Waals surface area contributed by atoms with Crippen molar-refractivity contribution in [1.29, 1.82) is 0 Å². The number of hydrogen-bond acceptors (Lipinski definition) is 3. The van der Waals surface area contributed by atoms with Gasteiger partial charge in [0.05, 0.1) is 5.69 Å². The minimum Gasteiger partial charge on any atom is -0.302 e. The van der Waals surface area contributed by atoms with Crippen molar-refractivity contribution in [2.75, 3.05) is 5.32 Å². The molecule has 1 aromatic carbocycles. The highest BCUT2D eigenvalue weighted by Crippen LogP contribution is 2.28. The van der Waals surface area contributed by atoms with Crippen LogP contribution in [0.1, 0.15) is 30.4 Å². The van der Waals surface area contributed by atoms with Crippen LogP contribution in [-0.4, -0.2) is 10.9 Å². The van der Waals surface area contributed by atoms with Gasteiger partial charge >= 0.3 is 0 Å². The fourth-order valence-corrected chi connectivity index (χ4v) is 3.47. The number of carbonyl (C=O) groups excluding carboxylic acids is 1. The Morgan fingerprint density at radius 2 is 2.27 bits per heavy atom. The summed E-state index contributed by atoms with van der Waals surface area (Å²) in [5.74, 6) is 0.442. The Morgan fingerprint density at radius 1 is 1.41 bits per heavy atom. The second kappa shape index (κ2) is 6.44. The Kier molecular flexibility index (Phi) is 4.39. The van der Waals surface area contributed by atoms with Gasteiger partial charge in [-0.15, -0.1) is 11.3 Å². The number of aromatic nitrogens is 1. The van der Waals surface area contributed by atoms with Gasteiger partial charge in [-0.2, -0.15) is 0 Å². The molecule has 22 heavy (non-hydrogen) atoms. The van der Waals surface area contributed by atoms with E-state index in [1.54, 1.807) is 0 Å². The van der Waals surface area contributed by atoms with Crippen LogP contribution in [0.3, 0.4) is 0 Å². The second-order valence-electron chi connectivity index (χ2n) is 5.87. The highest BCUT2D eigenvalue weighted by Gasteiger charge is 2.15. The van der Waals surface area contributed by atoms with Crippen LogP contribution in [0.4, 0.5) is 5.13 Å². The van der Waals surface area contributed by atoms with Crippen LogP contribution in [0.2, 0.25) is 0 Å². The predicted molar refractivity (Wildman–Crippen MR) is 92.1 cm³/mol. The molecule has 1 amide bonds. The first-order valence-corrected chi connectivity index (χ1v) is 8.49. The molecule has 0 saturated heterocycles. The Hall–Kier alpha value is -1.94. The number of nitrogens with zero attached hydrogens (tertiary/aromatic N) is 1. The third kappa shape index (κ3) is 3.45. The molecule has 0 bridgehead atoms. The number of amides is 1. The maximum absolute atomic E-state index is 12.1. The van der Waals surface area contributed by atoms with E-state index in [2.05, 4.69) is 54.5 Å². The monoisotopic (exact) mass is 312 g/mol. The lowest BCUT2D eigenvalue weighted by Gasteiger charge is -2.06. The van der Waals surface area contributed by atoms with E-state index in [9.17, 15) is 4.79 Å². The molecule has 3 nitrogen and oxygen atoms in total. The van der Waals surface area contributed by atoms with E-state index in [1.165, 1.54) is 22.5 Å². The molecule has 114 valence electrons. The zero-order valence-corrected chi connectivity index (χ0v) is 13.7. The number of thiazole rings is 1. The first-order valence-electron chi connectivity index (χ1n) is 7.61. The molecule has 1 N–H and O–H groups in total. The van der Waals surface area contributed by atoms with Gasteiger partial charge in [0.1, 0.15) is 0 Å². The maximum Gasteiger partial charge on any atom is 0.226 e. The van der Waals surface area contributed by atoms with Crippen LogP contribution in [0.15, 0.2) is 35.7 Å². The molecule has 1 aromatic heterocycles. The molecule has 0 saturated carbocycles. The van der Waals surface area contributed by atoms with E-state index in [-0.39, 0.29) is 5.91 Å². The maximum atomic E-state index is 12.1. The van der Waals surface area contributed by atoms with Crippen molar-refractivity contribution < 1.29 is 4.79 Å². The van der Waals surface area contributed by atoms with E-state index in [4.69, 9.17) is 0 Å². The lowest BCUT2D eigenvalue weighted by molar-refractivity contribution is -0.116. The molecule has 3 rings (SSSR count). The molecule has 4 heteroatoms. The molecule has 1 unspecified atom stereocenters. The lowest BCUT2D eigenvalue weighted by atomic mass is 10.0. The van der Waals surface area contributed by atoms with E-state index >= 15 is 0 Å². The summed E-state index contributed by atoms with van der Waals surface area (Å²) in [6.07, 6.45) is 7.02. The smallest absolute Gasteiger partial charge is 0.226 e.